The van der Waals surface area contributed by atoms with Crippen molar-refractivity contribution in [1.29, 1.82) is 0 Å². The van der Waals surface area contributed by atoms with Gasteiger partial charge < -0.3 is 32.6 Å². The maximum absolute atomic E-state index is 12.5. The second-order valence-corrected chi connectivity index (χ2v) is 8.45. The van der Waals surface area contributed by atoms with E-state index >= 15 is 0 Å². The van der Waals surface area contributed by atoms with Gasteiger partial charge >= 0.3 is 6.03 Å². The molecule has 2 aromatic carbocycles. The van der Waals surface area contributed by atoms with Crippen molar-refractivity contribution in [3.05, 3.63) is 53.1 Å². The van der Waals surface area contributed by atoms with Crippen LogP contribution in [0.15, 0.2) is 42.5 Å². The molecule has 7 nitrogen and oxygen atoms in total. The number of carbonyl (C=O) groups excluding carboxylic acids is 1. The Morgan fingerprint density at radius 3 is 2.65 bits per heavy atom. The van der Waals surface area contributed by atoms with Crippen LogP contribution in [0.5, 0.6) is 5.75 Å². The molecule has 0 spiro atoms. The summed E-state index contributed by atoms with van der Waals surface area (Å²) >= 11 is 6.05. The molecule has 2 atom stereocenters. The van der Waals surface area contributed by atoms with Gasteiger partial charge in [-0.2, -0.15) is 0 Å². The number of piperidine rings is 1. The van der Waals surface area contributed by atoms with E-state index in [0.29, 0.717) is 18.2 Å². The van der Waals surface area contributed by atoms with Gasteiger partial charge in [0.05, 0.1) is 13.1 Å². The molecule has 170 valence electrons. The Labute approximate surface area is 193 Å². The van der Waals surface area contributed by atoms with Crippen molar-refractivity contribution in [2.24, 2.45) is 0 Å². The van der Waals surface area contributed by atoms with E-state index < -0.39 is 6.10 Å². The van der Waals surface area contributed by atoms with Crippen LogP contribution in [0.2, 0.25) is 5.02 Å². The maximum Gasteiger partial charge on any atom is 0.424 e. The van der Waals surface area contributed by atoms with E-state index in [0.717, 1.165) is 53.5 Å². The van der Waals surface area contributed by atoms with E-state index in [4.69, 9.17) is 16.3 Å². The largest absolute Gasteiger partial charge is 1.00 e. The van der Waals surface area contributed by atoms with Gasteiger partial charge in [0, 0.05) is 23.9 Å². The number of hydrogen-bond donors (Lipinski definition) is 4. The Morgan fingerprint density at radius 2 is 1.94 bits per heavy atom. The molecule has 2 aliphatic rings. The second kappa shape index (κ2) is 11.1. The van der Waals surface area contributed by atoms with Crippen LogP contribution in [0.25, 0.3) is 0 Å². The van der Waals surface area contributed by atoms with Gasteiger partial charge in [-0.15, -0.1) is 0 Å². The van der Waals surface area contributed by atoms with Crippen LogP contribution in [0, 0.1) is 6.92 Å². The number of para-hydroxylation sites is 1. The molecule has 0 saturated carbocycles. The highest BCUT2D eigenvalue weighted by Crippen LogP contribution is 2.26. The number of amides is 2. The highest BCUT2D eigenvalue weighted by Gasteiger charge is 2.41. The van der Waals surface area contributed by atoms with Crippen molar-refractivity contribution in [2.75, 3.05) is 31.6 Å². The summed E-state index contributed by atoms with van der Waals surface area (Å²) in [7, 11) is 0. The molecule has 2 amide bonds. The van der Waals surface area contributed by atoms with E-state index in [2.05, 4.69) is 5.32 Å². The number of aliphatic hydroxyl groups excluding tert-OH is 1. The summed E-state index contributed by atoms with van der Waals surface area (Å²) in [6, 6.07) is 13.7. The predicted octanol–water partition coefficient (Wildman–Crippen LogP) is -2.62. The lowest BCUT2D eigenvalue weighted by Gasteiger charge is -2.31. The molecule has 1 saturated heterocycles. The lowest BCUT2D eigenvalue weighted by molar-refractivity contribution is -0.920. The van der Waals surface area contributed by atoms with Crippen molar-refractivity contribution in [3.63, 3.8) is 0 Å². The molecule has 2 aliphatic heterocycles. The minimum absolute atomic E-state index is 0. The summed E-state index contributed by atoms with van der Waals surface area (Å²) in [5.41, 5.74) is 2.87. The number of likely N-dealkylation sites (tertiary alicyclic amines) is 1. The normalized spacial score (nSPS) is 23.1. The average molecular weight is 471 g/mol. The molecule has 9 heteroatoms. The minimum atomic E-state index is -0.508. The highest BCUT2D eigenvalue weighted by molar-refractivity contribution is 6.31. The Hall–Kier alpha value is -1.87. The zero-order valence-electron chi connectivity index (χ0n) is 17.5. The minimum Gasteiger partial charge on any atom is -1.00 e. The molecule has 6 N–H and O–H groups in total. The van der Waals surface area contributed by atoms with Gasteiger partial charge in [0.15, 0.2) is 5.69 Å². The summed E-state index contributed by atoms with van der Waals surface area (Å²) < 4.78 is 5.77. The molecule has 2 aromatic rings. The quantitative estimate of drug-likeness (QED) is 0.371. The number of rotatable bonds is 6. The number of urea groups is 1. The number of aryl methyl sites for hydroxylation is 1. The van der Waals surface area contributed by atoms with E-state index in [1.807, 2.05) is 49.4 Å². The number of benzene rings is 2. The molecule has 0 aliphatic carbocycles. The number of aliphatic hydroxyl groups is 1. The number of nitrogens with one attached hydrogen (secondary N) is 3. The number of anilines is 1. The monoisotopic (exact) mass is 470 g/mol. The lowest BCUT2D eigenvalue weighted by Crippen LogP contribution is -3.19. The lowest BCUT2D eigenvalue weighted by atomic mass is 10.0. The fraction of sp³-hybridized carbons (Fsp3) is 0.409. The van der Waals surface area contributed by atoms with Gasteiger partial charge in [-0.25, -0.2) is 9.69 Å². The Balaban J connectivity index is 0.00000171. The van der Waals surface area contributed by atoms with Crippen molar-refractivity contribution in [1.82, 2.24) is 0 Å². The summed E-state index contributed by atoms with van der Waals surface area (Å²) in [6.07, 6.45) is 1.36. The molecule has 0 radical (unpaired) electrons. The van der Waals surface area contributed by atoms with Crippen LogP contribution in [0.1, 0.15) is 18.4 Å². The zero-order chi connectivity index (χ0) is 20.4. The third-order valence-electron chi connectivity index (χ3n) is 5.91. The number of hydrogen-bond acceptors (Lipinski definition) is 3. The molecule has 0 aromatic heterocycles. The molecule has 31 heavy (non-hydrogen) atoms. The number of quaternary nitrogens is 2. The first-order chi connectivity index (χ1) is 14.0. The third-order valence-corrected chi connectivity index (χ3v) is 6.15. The van der Waals surface area contributed by atoms with Crippen LogP contribution in [0.3, 0.4) is 0 Å². The van der Waals surface area contributed by atoms with E-state index in [1.165, 1.54) is 4.90 Å². The summed E-state index contributed by atoms with van der Waals surface area (Å²) in [5, 5.41) is 14.0. The van der Waals surface area contributed by atoms with Gasteiger partial charge in [0.1, 0.15) is 36.7 Å². The first-order valence-corrected chi connectivity index (χ1v) is 10.6. The van der Waals surface area contributed by atoms with Gasteiger partial charge in [0.25, 0.3) is 0 Å². The van der Waals surface area contributed by atoms with Crippen molar-refractivity contribution in [3.8, 4) is 5.75 Å². The van der Waals surface area contributed by atoms with Crippen molar-refractivity contribution >= 4 is 29.0 Å². The SMILES string of the molecule is Cc1ccccc1OCC(O)C[NH+]1CCC([NH+]2C(=O)Nc3cc(Cl)ccc32)CC1.O.[Cl-]. The molecule has 2 heterocycles. The molecule has 2 unspecified atom stereocenters. The van der Waals surface area contributed by atoms with Crippen LogP contribution >= 0.6 is 11.6 Å². The molecule has 0 bridgehead atoms. The van der Waals surface area contributed by atoms with E-state index in [9.17, 15) is 9.90 Å². The fourth-order valence-corrected chi connectivity index (χ4v) is 4.56. The first kappa shape index (κ1) is 25.4. The van der Waals surface area contributed by atoms with Crippen LogP contribution in [-0.2, 0) is 0 Å². The second-order valence-electron chi connectivity index (χ2n) is 8.02. The number of ether oxygens (including phenoxy) is 1. The summed E-state index contributed by atoms with van der Waals surface area (Å²) in [4.78, 5) is 14.7. The van der Waals surface area contributed by atoms with Gasteiger partial charge in [-0.3, -0.25) is 5.32 Å². The summed E-state index contributed by atoms with van der Waals surface area (Å²) in [6.45, 7) is 4.83. The van der Waals surface area contributed by atoms with Crippen LogP contribution in [0.4, 0.5) is 16.2 Å². The Kier molecular flexibility index (Phi) is 9.12. The smallest absolute Gasteiger partial charge is 0.424 e. The fourth-order valence-electron chi connectivity index (χ4n) is 4.39. The summed E-state index contributed by atoms with van der Waals surface area (Å²) in [5.74, 6) is 0.822. The topological polar surface area (TPSA) is 98.9 Å². The number of carbonyl (C=O) groups is 1. The number of fused-ring (bicyclic) bond motifs is 1. The molecule has 4 rings (SSSR count). The highest BCUT2D eigenvalue weighted by atomic mass is 35.5. The Morgan fingerprint density at radius 1 is 1.23 bits per heavy atom. The zero-order valence-corrected chi connectivity index (χ0v) is 19.0. The molecular weight excluding hydrogens is 441 g/mol. The van der Waals surface area contributed by atoms with Gasteiger partial charge in [0.2, 0.25) is 0 Å². The van der Waals surface area contributed by atoms with Gasteiger partial charge in [-0.1, -0.05) is 29.8 Å². The van der Waals surface area contributed by atoms with Crippen molar-refractivity contribution in [2.45, 2.75) is 31.9 Å². The van der Waals surface area contributed by atoms with Crippen LogP contribution < -0.4 is 32.3 Å². The van der Waals surface area contributed by atoms with Crippen molar-refractivity contribution < 1.29 is 42.3 Å². The Bertz CT molecular complexity index is 891. The standard InChI is InChI=1S/C22H26ClN3O3.ClH.H2O/c1-15-4-2-3-5-21(15)29-14-18(27)13-25-10-8-17(9-11-25)26-20-7-6-16(23)12-19(20)24-22(26)28;;/h2-7,12,17-18,27H,8-11,13-14H2,1H3,(H,24,28);1H;1H2/p+1. The first-order valence-electron chi connectivity index (χ1n) is 10.2. The predicted molar refractivity (Wildman–Crippen MR) is 116 cm³/mol. The maximum atomic E-state index is 12.5. The third kappa shape index (κ3) is 5.88. The van der Waals surface area contributed by atoms with Crippen LogP contribution in [-0.4, -0.2) is 55.0 Å². The number of halogens is 2. The molecule has 1 fully saturated rings. The van der Waals surface area contributed by atoms with Gasteiger partial charge in [-0.05, 0) is 30.7 Å². The molecular formula is C22H30Cl2N3O4+. The van der Waals surface area contributed by atoms with E-state index in [-0.39, 0.29) is 30.0 Å². The van der Waals surface area contributed by atoms with E-state index in [1.54, 1.807) is 0 Å². The average Bonchev–Trinajstić information content (AvgIpc) is 3.03.